The zero-order chi connectivity index (χ0) is 12.3. The number of nitrogens with two attached hydrogens (primary N) is 1. The number of hydrogen-bond acceptors (Lipinski definition) is 4. The van der Waals surface area contributed by atoms with E-state index >= 15 is 0 Å². The molecule has 5 nitrogen and oxygen atoms in total. The van der Waals surface area contributed by atoms with Crippen molar-refractivity contribution >= 4 is 17.3 Å². The van der Waals surface area contributed by atoms with Gasteiger partial charge in [0, 0.05) is 23.8 Å². The van der Waals surface area contributed by atoms with E-state index in [2.05, 4.69) is 15.3 Å². The molecule has 5 heteroatoms. The number of carbonyl (C=O) groups excluding carboxylic acids is 1. The average Bonchev–Trinajstić information content (AvgIpc) is 2.36. The molecule has 0 aliphatic rings. The maximum Gasteiger partial charge on any atom is 0.258 e. The van der Waals surface area contributed by atoms with Crippen LogP contribution in [0.5, 0.6) is 0 Å². The molecule has 1 amide bonds. The van der Waals surface area contributed by atoms with Crippen molar-refractivity contribution in [1.29, 1.82) is 0 Å². The third-order valence-electron chi connectivity index (χ3n) is 2.45. The molecule has 0 radical (unpaired) electrons. The Bertz CT molecular complexity index is 539. The van der Waals surface area contributed by atoms with Gasteiger partial charge in [-0.05, 0) is 24.6 Å². The van der Waals surface area contributed by atoms with Crippen molar-refractivity contribution in [2.24, 2.45) is 0 Å². The predicted molar refractivity (Wildman–Crippen MR) is 65.6 cm³/mol. The van der Waals surface area contributed by atoms with Gasteiger partial charge in [-0.25, -0.2) is 9.97 Å². The van der Waals surface area contributed by atoms with Gasteiger partial charge in [0.05, 0.1) is 5.56 Å². The number of carbonyl (C=O) groups is 1. The lowest BCUT2D eigenvalue weighted by Crippen LogP contribution is -2.13. The number of hydrogen-bond donors (Lipinski definition) is 2. The van der Waals surface area contributed by atoms with Crippen LogP contribution < -0.4 is 11.1 Å². The number of nitrogens with one attached hydrogen (secondary N) is 1. The first kappa shape index (κ1) is 11.1. The zero-order valence-electron chi connectivity index (χ0n) is 9.34. The molecule has 1 aromatic carbocycles. The summed E-state index contributed by atoms with van der Waals surface area (Å²) in [6, 6.07) is 5.38. The second-order valence-electron chi connectivity index (χ2n) is 3.60. The predicted octanol–water partition coefficient (Wildman–Crippen LogP) is 1.62. The van der Waals surface area contributed by atoms with Crippen LogP contribution in [-0.4, -0.2) is 15.9 Å². The monoisotopic (exact) mass is 228 g/mol. The molecule has 2 rings (SSSR count). The molecule has 0 aliphatic carbocycles. The van der Waals surface area contributed by atoms with Crippen LogP contribution in [0.15, 0.2) is 36.9 Å². The first-order valence-corrected chi connectivity index (χ1v) is 5.10. The van der Waals surface area contributed by atoms with Crippen LogP contribution in [0, 0.1) is 6.92 Å². The number of nitrogen functional groups attached to an aromatic ring is 1. The summed E-state index contributed by atoms with van der Waals surface area (Å²) in [7, 11) is 0. The van der Waals surface area contributed by atoms with E-state index in [1.807, 2.05) is 6.92 Å². The number of amides is 1. The normalized spacial score (nSPS) is 9.94. The Morgan fingerprint density at radius 1 is 1.29 bits per heavy atom. The van der Waals surface area contributed by atoms with Crippen molar-refractivity contribution in [3.8, 4) is 0 Å². The highest BCUT2D eigenvalue weighted by Crippen LogP contribution is 2.20. The fourth-order valence-electron chi connectivity index (χ4n) is 1.40. The highest BCUT2D eigenvalue weighted by molar-refractivity contribution is 6.04. The van der Waals surface area contributed by atoms with E-state index in [0.717, 1.165) is 5.56 Å². The minimum atomic E-state index is -0.251. The Kier molecular flexibility index (Phi) is 3.00. The first-order valence-electron chi connectivity index (χ1n) is 5.10. The number of nitrogens with zero attached hydrogens (tertiary/aromatic N) is 2. The average molecular weight is 228 g/mol. The van der Waals surface area contributed by atoms with Crippen molar-refractivity contribution in [3.05, 3.63) is 48.0 Å². The minimum Gasteiger partial charge on any atom is -0.398 e. The third kappa shape index (κ3) is 2.39. The summed E-state index contributed by atoms with van der Waals surface area (Å²) in [5, 5.41) is 2.77. The van der Waals surface area contributed by atoms with E-state index in [-0.39, 0.29) is 5.91 Å². The van der Waals surface area contributed by atoms with Crippen molar-refractivity contribution < 1.29 is 4.79 Å². The molecule has 0 fully saturated rings. The van der Waals surface area contributed by atoms with Gasteiger partial charge in [0.15, 0.2) is 0 Å². The Balaban J connectivity index is 2.22. The summed E-state index contributed by atoms with van der Waals surface area (Å²) in [6.07, 6.45) is 4.30. The van der Waals surface area contributed by atoms with E-state index in [1.54, 1.807) is 18.2 Å². The van der Waals surface area contributed by atoms with Gasteiger partial charge in [-0.2, -0.15) is 0 Å². The smallest absolute Gasteiger partial charge is 0.258 e. The van der Waals surface area contributed by atoms with Crippen LogP contribution in [0.4, 0.5) is 11.4 Å². The number of aromatic nitrogens is 2. The molecule has 2 aromatic rings. The highest BCUT2D eigenvalue weighted by atomic mass is 16.1. The van der Waals surface area contributed by atoms with Crippen LogP contribution in [0.2, 0.25) is 0 Å². The summed E-state index contributed by atoms with van der Waals surface area (Å²) in [6.45, 7) is 1.85. The molecule has 0 saturated heterocycles. The topological polar surface area (TPSA) is 80.9 Å². The fourth-order valence-corrected chi connectivity index (χ4v) is 1.40. The lowest BCUT2D eigenvalue weighted by molar-refractivity contribution is 0.102. The number of benzene rings is 1. The Morgan fingerprint density at radius 2 is 2.00 bits per heavy atom. The second-order valence-corrected chi connectivity index (χ2v) is 3.60. The maximum absolute atomic E-state index is 11.8. The molecular weight excluding hydrogens is 216 g/mol. The molecule has 0 aliphatic heterocycles. The summed E-state index contributed by atoms with van der Waals surface area (Å²) < 4.78 is 0. The SMILES string of the molecule is Cc1c(N)cccc1NC(=O)c1cncnc1. The van der Waals surface area contributed by atoms with Crippen LogP contribution >= 0.6 is 0 Å². The van der Waals surface area contributed by atoms with Crippen molar-refractivity contribution in [1.82, 2.24) is 9.97 Å². The first-order chi connectivity index (χ1) is 8.18. The molecule has 1 heterocycles. The molecule has 3 N–H and O–H groups in total. The van der Waals surface area contributed by atoms with Crippen LogP contribution in [0.1, 0.15) is 15.9 Å². The zero-order valence-corrected chi connectivity index (χ0v) is 9.34. The van der Waals surface area contributed by atoms with E-state index in [4.69, 9.17) is 5.73 Å². The van der Waals surface area contributed by atoms with Crippen molar-refractivity contribution in [2.45, 2.75) is 6.92 Å². The molecule has 0 unspecified atom stereocenters. The molecule has 86 valence electrons. The van der Waals surface area contributed by atoms with E-state index in [9.17, 15) is 4.79 Å². The second kappa shape index (κ2) is 4.61. The molecule has 0 spiro atoms. The number of rotatable bonds is 2. The van der Waals surface area contributed by atoms with Gasteiger partial charge in [-0.1, -0.05) is 6.07 Å². The summed E-state index contributed by atoms with van der Waals surface area (Å²) in [5.41, 5.74) is 8.35. The molecule has 0 atom stereocenters. The fraction of sp³-hybridized carbons (Fsp3) is 0.0833. The standard InChI is InChI=1S/C12H12N4O/c1-8-10(13)3-2-4-11(8)16-12(17)9-5-14-7-15-6-9/h2-7H,13H2,1H3,(H,16,17). The van der Waals surface area contributed by atoms with E-state index in [1.165, 1.54) is 18.7 Å². The van der Waals surface area contributed by atoms with Crippen molar-refractivity contribution in [2.75, 3.05) is 11.1 Å². The highest BCUT2D eigenvalue weighted by Gasteiger charge is 2.08. The Hall–Kier alpha value is -2.43. The summed E-state index contributed by atoms with van der Waals surface area (Å²) in [4.78, 5) is 19.4. The van der Waals surface area contributed by atoms with Gasteiger partial charge in [0.1, 0.15) is 6.33 Å². The van der Waals surface area contributed by atoms with Gasteiger partial charge in [-0.15, -0.1) is 0 Å². The molecule has 1 aromatic heterocycles. The molecular formula is C12H12N4O. The minimum absolute atomic E-state index is 0.251. The van der Waals surface area contributed by atoms with Gasteiger partial charge in [0.25, 0.3) is 5.91 Å². The quantitative estimate of drug-likeness (QED) is 0.765. The Morgan fingerprint density at radius 3 is 2.71 bits per heavy atom. The Labute approximate surface area is 98.7 Å². The van der Waals surface area contributed by atoms with Crippen molar-refractivity contribution in [3.63, 3.8) is 0 Å². The molecule has 0 bridgehead atoms. The van der Waals surface area contributed by atoms with Gasteiger partial charge in [-0.3, -0.25) is 4.79 Å². The maximum atomic E-state index is 11.8. The third-order valence-corrected chi connectivity index (χ3v) is 2.45. The van der Waals surface area contributed by atoms with Crippen LogP contribution in [0.3, 0.4) is 0 Å². The number of anilines is 2. The molecule has 0 saturated carbocycles. The van der Waals surface area contributed by atoms with Gasteiger partial charge < -0.3 is 11.1 Å². The van der Waals surface area contributed by atoms with Crippen LogP contribution in [-0.2, 0) is 0 Å². The summed E-state index contributed by atoms with van der Waals surface area (Å²) >= 11 is 0. The van der Waals surface area contributed by atoms with E-state index in [0.29, 0.717) is 16.9 Å². The van der Waals surface area contributed by atoms with Gasteiger partial charge >= 0.3 is 0 Å². The summed E-state index contributed by atoms with van der Waals surface area (Å²) in [5.74, 6) is -0.251. The largest absolute Gasteiger partial charge is 0.398 e. The lowest BCUT2D eigenvalue weighted by Gasteiger charge is -2.09. The lowest BCUT2D eigenvalue weighted by atomic mass is 10.1. The molecule has 17 heavy (non-hydrogen) atoms. The van der Waals surface area contributed by atoms with E-state index < -0.39 is 0 Å². The van der Waals surface area contributed by atoms with Gasteiger partial charge in [0.2, 0.25) is 0 Å². The van der Waals surface area contributed by atoms with Crippen LogP contribution in [0.25, 0.3) is 0 Å².